The minimum Gasteiger partial charge on any atom is -0.329 e. The van der Waals surface area contributed by atoms with Gasteiger partial charge in [0.05, 0.1) is 21.2 Å². The lowest BCUT2D eigenvalue weighted by Crippen LogP contribution is -2.38. The number of amides is 2. The molecule has 1 aromatic carbocycles. The summed E-state index contributed by atoms with van der Waals surface area (Å²) in [6.07, 6.45) is 0.628. The fourth-order valence-electron chi connectivity index (χ4n) is 2.19. The predicted molar refractivity (Wildman–Crippen MR) is 102 cm³/mol. The maximum Gasteiger partial charge on any atom is 0.324 e. The fourth-order valence-corrected chi connectivity index (χ4v) is 3.23. The number of anilines is 1. The molecule has 0 spiro atoms. The summed E-state index contributed by atoms with van der Waals surface area (Å²) in [5.74, 6) is -0.885. The van der Waals surface area contributed by atoms with Crippen molar-refractivity contribution in [2.24, 2.45) is 0 Å². The van der Waals surface area contributed by atoms with E-state index in [-0.39, 0.29) is 17.1 Å². The zero-order valence-corrected chi connectivity index (χ0v) is 16.0. The quantitative estimate of drug-likeness (QED) is 0.533. The molecule has 0 aliphatic rings. The van der Waals surface area contributed by atoms with Crippen LogP contribution in [0, 0.1) is 10.1 Å². The van der Waals surface area contributed by atoms with Crippen molar-refractivity contribution in [2.45, 2.75) is 13.3 Å². The standard InChI is InChI=1S/C16H15Cl2N3O4S/c1-2-5-20(16(23)10-6-15(21(24)25)26-9-10)8-14(22)19-13-7-11(17)3-4-12(13)18/h3-4,6-7,9H,2,5,8H2,1H3,(H,19,22). The summed E-state index contributed by atoms with van der Waals surface area (Å²) in [5, 5.41) is 15.4. The highest BCUT2D eigenvalue weighted by Crippen LogP contribution is 2.26. The Morgan fingerprint density at radius 3 is 2.65 bits per heavy atom. The number of hydrogen-bond acceptors (Lipinski definition) is 5. The summed E-state index contributed by atoms with van der Waals surface area (Å²) < 4.78 is 0. The van der Waals surface area contributed by atoms with E-state index in [1.807, 2.05) is 6.92 Å². The third-order valence-electron chi connectivity index (χ3n) is 3.33. The molecule has 0 atom stereocenters. The third kappa shape index (κ3) is 5.17. The lowest BCUT2D eigenvalue weighted by molar-refractivity contribution is -0.380. The zero-order valence-electron chi connectivity index (χ0n) is 13.7. The zero-order chi connectivity index (χ0) is 19.3. The Hall–Kier alpha value is -2.16. The van der Waals surface area contributed by atoms with Gasteiger partial charge in [-0.1, -0.05) is 41.5 Å². The molecular formula is C16H15Cl2N3O4S. The minimum atomic E-state index is -0.556. The number of carbonyl (C=O) groups excluding carboxylic acids is 2. The van der Waals surface area contributed by atoms with Crippen molar-refractivity contribution in [3.05, 3.63) is 55.4 Å². The molecule has 10 heteroatoms. The van der Waals surface area contributed by atoms with E-state index in [0.717, 1.165) is 11.3 Å². The van der Waals surface area contributed by atoms with Gasteiger partial charge in [-0.25, -0.2) is 0 Å². The van der Waals surface area contributed by atoms with Crippen molar-refractivity contribution >= 4 is 57.0 Å². The van der Waals surface area contributed by atoms with Crippen molar-refractivity contribution in [2.75, 3.05) is 18.4 Å². The number of nitrogens with one attached hydrogen (secondary N) is 1. The molecule has 0 radical (unpaired) electrons. The highest BCUT2D eigenvalue weighted by atomic mass is 35.5. The Morgan fingerprint density at radius 2 is 2.04 bits per heavy atom. The van der Waals surface area contributed by atoms with E-state index in [1.165, 1.54) is 22.4 Å². The molecule has 138 valence electrons. The molecule has 0 saturated heterocycles. The number of benzene rings is 1. The summed E-state index contributed by atoms with van der Waals surface area (Å²) in [7, 11) is 0. The summed E-state index contributed by atoms with van der Waals surface area (Å²) >= 11 is 12.8. The van der Waals surface area contributed by atoms with Gasteiger partial charge in [0.25, 0.3) is 5.91 Å². The van der Waals surface area contributed by atoms with Crippen LogP contribution in [0.3, 0.4) is 0 Å². The van der Waals surface area contributed by atoms with E-state index in [0.29, 0.717) is 28.7 Å². The second-order valence-corrected chi connectivity index (χ2v) is 7.06. The average Bonchev–Trinajstić information content (AvgIpc) is 3.07. The molecule has 7 nitrogen and oxygen atoms in total. The van der Waals surface area contributed by atoms with Gasteiger partial charge < -0.3 is 10.2 Å². The van der Waals surface area contributed by atoms with E-state index < -0.39 is 16.7 Å². The molecule has 1 aromatic heterocycles. The van der Waals surface area contributed by atoms with Crippen LogP contribution in [0.5, 0.6) is 0 Å². The van der Waals surface area contributed by atoms with Gasteiger partial charge in [-0.15, -0.1) is 0 Å². The molecule has 0 aliphatic carbocycles. The van der Waals surface area contributed by atoms with Gasteiger partial charge >= 0.3 is 5.00 Å². The van der Waals surface area contributed by atoms with E-state index in [2.05, 4.69) is 5.32 Å². The molecule has 2 aromatic rings. The summed E-state index contributed by atoms with van der Waals surface area (Å²) in [5.41, 5.74) is 0.531. The summed E-state index contributed by atoms with van der Waals surface area (Å²) in [6.45, 7) is 1.99. The summed E-state index contributed by atoms with van der Waals surface area (Å²) in [4.78, 5) is 36.4. The van der Waals surface area contributed by atoms with E-state index in [4.69, 9.17) is 23.2 Å². The third-order valence-corrected chi connectivity index (χ3v) is 4.78. The van der Waals surface area contributed by atoms with E-state index in [9.17, 15) is 19.7 Å². The normalized spacial score (nSPS) is 10.4. The van der Waals surface area contributed by atoms with Crippen LogP contribution in [-0.4, -0.2) is 34.7 Å². The van der Waals surface area contributed by atoms with Crippen LogP contribution in [-0.2, 0) is 4.79 Å². The number of hydrogen-bond donors (Lipinski definition) is 1. The van der Waals surface area contributed by atoms with Crippen LogP contribution >= 0.6 is 34.5 Å². The number of nitro groups is 1. The second-order valence-electron chi connectivity index (χ2n) is 5.33. The Morgan fingerprint density at radius 1 is 1.31 bits per heavy atom. The van der Waals surface area contributed by atoms with E-state index >= 15 is 0 Å². The lowest BCUT2D eigenvalue weighted by Gasteiger charge is -2.21. The molecule has 1 heterocycles. The molecule has 0 unspecified atom stereocenters. The van der Waals surface area contributed by atoms with Crippen LogP contribution in [0.4, 0.5) is 10.7 Å². The maximum absolute atomic E-state index is 12.6. The monoisotopic (exact) mass is 415 g/mol. The predicted octanol–water partition coefficient (Wildman–Crippen LogP) is 4.45. The molecule has 2 amide bonds. The Labute approximate surface area is 163 Å². The highest BCUT2D eigenvalue weighted by Gasteiger charge is 2.22. The van der Waals surface area contributed by atoms with Gasteiger partial charge in [-0.2, -0.15) is 0 Å². The number of halogens is 2. The van der Waals surface area contributed by atoms with Crippen molar-refractivity contribution < 1.29 is 14.5 Å². The van der Waals surface area contributed by atoms with Crippen molar-refractivity contribution in [1.29, 1.82) is 0 Å². The average molecular weight is 416 g/mol. The van der Waals surface area contributed by atoms with Crippen LogP contribution < -0.4 is 5.32 Å². The molecule has 1 N–H and O–H groups in total. The second kappa shape index (κ2) is 8.98. The van der Waals surface area contributed by atoms with Crippen molar-refractivity contribution in [3.63, 3.8) is 0 Å². The largest absolute Gasteiger partial charge is 0.329 e. The van der Waals surface area contributed by atoms with Crippen LogP contribution in [0.2, 0.25) is 10.0 Å². The number of carbonyl (C=O) groups is 2. The van der Waals surface area contributed by atoms with Crippen molar-refractivity contribution in [3.8, 4) is 0 Å². The van der Waals surface area contributed by atoms with Gasteiger partial charge in [-0.3, -0.25) is 19.7 Å². The molecule has 0 bridgehead atoms. The van der Waals surface area contributed by atoms with Gasteiger partial charge in [0, 0.05) is 23.0 Å². The molecule has 0 saturated carbocycles. The molecule has 0 aliphatic heterocycles. The maximum atomic E-state index is 12.6. The van der Waals surface area contributed by atoms with Crippen LogP contribution in [0.1, 0.15) is 23.7 Å². The number of rotatable bonds is 7. The first-order chi connectivity index (χ1) is 12.3. The SMILES string of the molecule is CCCN(CC(=O)Nc1cc(Cl)ccc1Cl)C(=O)c1csc([N+](=O)[O-])c1. The van der Waals surface area contributed by atoms with Crippen molar-refractivity contribution in [1.82, 2.24) is 4.90 Å². The molecule has 26 heavy (non-hydrogen) atoms. The first-order valence-electron chi connectivity index (χ1n) is 7.59. The van der Waals surface area contributed by atoms with Crippen LogP contribution in [0.15, 0.2) is 29.6 Å². The Balaban J connectivity index is 2.10. The number of thiophene rings is 1. The minimum absolute atomic E-state index is 0.125. The summed E-state index contributed by atoms with van der Waals surface area (Å²) in [6, 6.07) is 5.87. The van der Waals surface area contributed by atoms with Gasteiger partial charge in [0.15, 0.2) is 0 Å². The Kier molecular flexibility index (Phi) is 6.96. The smallest absolute Gasteiger partial charge is 0.324 e. The van der Waals surface area contributed by atoms with Gasteiger partial charge in [0.1, 0.15) is 6.54 Å². The fraction of sp³-hybridized carbons (Fsp3) is 0.250. The molecule has 0 fully saturated rings. The molecule has 2 rings (SSSR count). The first kappa shape index (κ1) is 20.2. The topological polar surface area (TPSA) is 92.6 Å². The van der Waals surface area contributed by atoms with Gasteiger partial charge in [0.2, 0.25) is 5.91 Å². The highest BCUT2D eigenvalue weighted by molar-refractivity contribution is 7.13. The lowest BCUT2D eigenvalue weighted by atomic mass is 10.2. The Bertz CT molecular complexity index is 841. The number of nitrogens with zero attached hydrogens (tertiary/aromatic N) is 2. The molecular weight excluding hydrogens is 401 g/mol. The van der Waals surface area contributed by atoms with Crippen LogP contribution in [0.25, 0.3) is 0 Å². The first-order valence-corrected chi connectivity index (χ1v) is 9.22. The van der Waals surface area contributed by atoms with E-state index in [1.54, 1.807) is 12.1 Å². The van der Waals surface area contributed by atoms with Gasteiger partial charge in [-0.05, 0) is 24.6 Å².